The summed E-state index contributed by atoms with van der Waals surface area (Å²) in [6, 6.07) is 9.39. The standard InChI is InChI=1S/C19H21FN2O3/c1-24-17-8-5-13(11-18(17)25-2)19(23)21-15-12-14(20)6-7-16(15)22-9-3-4-10-22/h5-8,11-12H,3-4,9-10H2,1-2H3,(H,21,23). The van der Waals surface area contributed by atoms with Gasteiger partial charge in [-0.15, -0.1) is 0 Å². The summed E-state index contributed by atoms with van der Waals surface area (Å²) in [5.74, 6) is 0.300. The van der Waals surface area contributed by atoms with Gasteiger partial charge in [-0.2, -0.15) is 0 Å². The van der Waals surface area contributed by atoms with Crippen LogP contribution >= 0.6 is 0 Å². The van der Waals surface area contributed by atoms with Gasteiger partial charge in [0.15, 0.2) is 11.5 Å². The molecule has 1 saturated heterocycles. The number of hydrogen-bond acceptors (Lipinski definition) is 4. The molecular formula is C19H21FN2O3. The maximum atomic E-state index is 13.7. The van der Waals surface area contributed by atoms with Crippen LogP contribution in [0.4, 0.5) is 15.8 Å². The van der Waals surface area contributed by atoms with Crippen LogP contribution in [0.2, 0.25) is 0 Å². The van der Waals surface area contributed by atoms with E-state index in [1.807, 2.05) is 0 Å². The lowest BCUT2D eigenvalue weighted by molar-refractivity contribution is 0.102. The molecule has 0 bridgehead atoms. The number of halogens is 1. The second-order valence-corrected chi connectivity index (χ2v) is 5.88. The van der Waals surface area contributed by atoms with Crippen molar-refractivity contribution in [1.29, 1.82) is 0 Å². The normalized spacial score (nSPS) is 13.6. The quantitative estimate of drug-likeness (QED) is 0.899. The second kappa shape index (κ2) is 7.42. The molecule has 132 valence electrons. The van der Waals surface area contributed by atoms with E-state index in [0.29, 0.717) is 22.7 Å². The summed E-state index contributed by atoms with van der Waals surface area (Å²) in [7, 11) is 3.05. The predicted molar refractivity (Wildman–Crippen MR) is 95.3 cm³/mol. The van der Waals surface area contributed by atoms with Crippen LogP contribution in [0.5, 0.6) is 11.5 Å². The van der Waals surface area contributed by atoms with Gasteiger partial charge in [0.2, 0.25) is 0 Å². The molecule has 0 atom stereocenters. The van der Waals surface area contributed by atoms with Gasteiger partial charge in [0, 0.05) is 18.7 Å². The third-order valence-corrected chi connectivity index (χ3v) is 4.30. The molecular weight excluding hydrogens is 323 g/mol. The molecule has 0 spiro atoms. The highest BCUT2D eigenvalue weighted by molar-refractivity contribution is 6.06. The zero-order valence-electron chi connectivity index (χ0n) is 14.3. The lowest BCUT2D eigenvalue weighted by Gasteiger charge is -2.21. The average Bonchev–Trinajstić information content (AvgIpc) is 3.15. The van der Waals surface area contributed by atoms with Gasteiger partial charge in [0.1, 0.15) is 5.82 Å². The van der Waals surface area contributed by atoms with Gasteiger partial charge >= 0.3 is 0 Å². The van der Waals surface area contributed by atoms with Crippen molar-refractivity contribution < 1.29 is 18.7 Å². The molecule has 1 amide bonds. The van der Waals surface area contributed by atoms with E-state index in [1.54, 1.807) is 24.3 Å². The Bertz CT molecular complexity index is 773. The fourth-order valence-electron chi connectivity index (χ4n) is 3.01. The summed E-state index contributed by atoms with van der Waals surface area (Å²) < 4.78 is 24.1. The molecule has 3 rings (SSSR count). The summed E-state index contributed by atoms with van der Waals surface area (Å²) in [6.45, 7) is 1.82. The summed E-state index contributed by atoms with van der Waals surface area (Å²) in [4.78, 5) is 14.8. The predicted octanol–water partition coefficient (Wildman–Crippen LogP) is 3.70. The molecule has 0 aliphatic carbocycles. The van der Waals surface area contributed by atoms with Crippen molar-refractivity contribution in [3.05, 3.63) is 47.8 Å². The average molecular weight is 344 g/mol. The minimum Gasteiger partial charge on any atom is -0.493 e. The van der Waals surface area contributed by atoms with E-state index in [2.05, 4.69) is 10.2 Å². The van der Waals surface area contributed by atoms with E-state index in [9.17, 15) is 9.18 Å². The molecule has 2 aromatic rings. The van der Waals surface area contributed by atoms with E-state index in [0.717, 1.165) is 31.6 Å². The lowest BCUT2D eigenvalue weighted by atomic mass is 10.1. The Morgan fingerprint density at radius 3 is 2.44 bits per heavy atom. The van der Waals surface area contributed by atoms with E-state index in [1.165, 1.54) is 26.4 Å². The number of anilines is 2. The maximum Gasteiger partial charge on any atom is 0.255 e. The first kappa shape index (κ1) is 17.1. The summed E-state index contributed by atoms with van der Waals surface area (Å²) >= 11 is 0. The molecule has 0 aromatic heterocycles. The lowest BCUT2D eigenvalue weighted by Crippen LogP contribution is -2.21. The summed E-state index contributed by atoms with van der Waals surface area (Å²) in [6.07, 6.45) is 2.20. The number of benzene rings is 2. The number of nitrogens with one attached hydrogen (secondary N) is 1. The molecule has 0 saturated carbocycles. The first-order valence-corrected chi connectivity index (χ1v) is 8.20. The van der Waals surface area contributed by atoms with E-state index < -0.39 is 0 Å². The zero-order chi connectivity index (χ0) is 17.8. The number of amides is 1. The number of hydrogen-bond donors (Lipinski definition) is 1. The fraction of sp³-hybridized carbons (Fsp3) is 0.316. The van der Waals surface area contributed by atoms with Crippen LogP contribution < -0.4 is 19.7 Å². The Labute approximate surface area is 146 Å². The molecule has 1 N–H and O–H groups in total. The highest BCUT2D eigenvalue weighted by Gasteiger charge is 2.18. The van der Waals surface area contributed by atoms with Crippen LogP contribution in [0.15, 0.2) is 36.4 Å². The maximum absolute atomic E-state index is 13.7. The Balaban J connectivity index is 1.86. The zero-order valence-corrected chi connectivity index (χ0v) is 14.3. The Morgan fingerprint density at radius 2 is 1.76 bits per heavy atom. The first-order valence-electron chi connectivity index (χ1n) is 8.20. The van der Waals surface area contributed by atoms with E-state index in [4.69, 9.17) is 9.47 Å². The van der Waals surface area contributed by atoms with Crippen molar-refractivity contribution in [2.24, 2.45) is 0 Å². The van der Waals surface area contributed by atoms with Crippen molar-refractivity contribution in [2.45, 2.75) is 12.8 Å². The van der Waals surface area contributed by atoms with Crippen LogP contribution in [0, 0.1) is 5.82 Å². The highest BCUT2D eigenvalue weighted by atomic mass is 19.1. The van der Waals surface area contributed by atoms with Gasteiger partial charge in [0.05, 0.1) is 25.6 Å². The number of methoxy groups -OCH3 is 2. The highest BCUT2D eigenvalue weighted by Crippen LogP contribution is 2.31. The van der Waals surface area contributed by atoms with E-state index >= 15 is 0 Å². The molecule has 0 radical (unpaired) electrons. The van der Waals surface area contributed by atoms with Crippen LogP contribution in [0.3, 0.4) is 0 Å². The van der Waals surface area contributed by atoms with Crippen LogP contribution in [0.1, 0.15) is 23.2 Å². The molecule has 1 fully saturated rings. The van der Waals surface area contributed by atoms with Crippen molar-refractivity contribution >= 4 is 17.3 Å². The number of nitrogens with zero attached hydrogens (tertiary/aromatic N) is 1. The van der Waals surface area contributed by atoms with Gasteiger partial charge in [-0.3, -0.25) is 4.79 Å². The SMILES string of the molecule is COc1ccc(C(=O)Nc2cc(F)ccc2N2CCCC2)cc1OC. The van der Waals surface area contributed by atoms with Crippen molar-refractivity contribution in [1.82, 2.24) is 0 Å². The molecule has 1 aliphatic rings. The van der Waals surface area contributed by atoms with Gasteiger partial charge in [-0.25, -0.2) is 4.39 Å². The van der Waals surface area contributed by atoms with Crippen molar-refractivity contribution in [3.8, 4) is 11.5 Å². The van der Waals surface area contributed by atoms with Gasteiger partial charge in [-0.05, 0) is 49.2 Å². The third-order valence-electron chi connectivity index (χ3n) is 4.30. The monoisotopic (exact) mass is 344 g/mol. The minimum absolute atomic E-state index is 0.327. The Morgan fingerprint density at radius 1 is 1.04 bits per heavy atom. The van der Waals surface area contributed by atoms with E-state index in [-0.39, 0.29) is 11.7 Å². The smallest absolute Gasteiger partial charge is 0.255 e. The fourth-order valence-corrected chi connectivity index (χ4v) is 3.01. The number of ether oxygens (including phenoxy) is 2. The molecule has 25 heavy (non-hydrogen) atoms. The Kier molecular flexibility index (Phi) is 5.07. The summed E-state index contributed by atoms with van der Waals surface area (Å²) in [5.41, 5.74) is 1.73. The molecule has 1 aliphatic heterocycles. The molecule has 2 aromatic carbocycles. The molecule has 5 nitrogen and oxygen atoms in total. The molecule has 0 unspecified atom stereocenters. The first-order chi connectivity index (χ1) is 12.1. The topological polar surface area (TPSA) is 50.8 Å². The largest absolute Gasteiger partial charge is 0.493 e. The van der Waals surface area contributed by atoms with Gasteiger partial charge < -0.3 is 19.7 Å². The third kappa shape index (κ3) is 3.68. The summed E-state index contributed by atoms with van der Waals surface area (Å²) in [5, 5.41) is 2.82. The Hall–Kier alpha value is -2.76. The molecule has 6 heteroatoms. The number of rotatable bonds is 5. The number of carbonyl (C=O) groups is 1. The minimum atomic E-state index is -0.384. The van der Waals surface area contributed by atoms with Crippen LogP contribution in [-0.4, -0.2) is 33.2 Å². The van der Waals surface area contributed by atoms with Crippen molar-refractivity contribution in [3.63, 3.8) is 0 Å². The van der Waals surface area contributed by atoms with Crippen molar-refractivity contribution in [2.75, 3.05) is 37.5 Å². The number of carbonyl (C=O) groups excluding carboxylic acids is 1. The van der Waals surface area contributed by atoms with Crippen LogP contribution in [0.25, 0.3) is 0 Å². The van der Waals surface area contributed by atoms with Gasteiger partial charge in [0.25, 0.3) is 5.91 Å². The van der Waals surface area contributed by atoms with Crippen LogP contribution in [-0.2, 0) is 0 Å². The second-order valence-electron chi connectivity index (χ2n) is 5.88. The van der Waals surface area contributed by atoms with Gasteiger partial charge in [-0.1, -0.05) is 0 Å². The molecule has 1 heterocycles.